The zero-order valence-electron chi connectivity index (χ0n) is 13.7. The lowest BCUT2D eigenvalue weighted by Gasteiger charge is -2.23. The smallest absolute Gasteiger partial charge is 0.271 e. The highest BCUT2D eigenvalue weighted by atomic mass is 32.2. The number of sulfonamides is 1. The minimum Gasteiger partial charge on any atom is -0.338 e. The molecule has 1 fully saturated rings. The van der Waals surface area contributed by atoms with E-state index >= 15 is 0 Å². The van der Waals surface area contributed by atoms with Gasteiger partial charge in [-0.2, -0.15) is 0 Å². The van der Waals surface area contributed by atoms with Gasteiger partial charge in [-0.1, -0.05) is 18.2 Å². The summed E-state index contributed by atoms with van der Waals surface area (Å²) < 4.78 is 27.2. The molecule has 0 spiro atoms. The second-order valence-electron chi connectivity index (χ2n) is 6.03. The lowest BCUT2D eigenvalue weighted by atomic mass is 10.1. The van der Waals surface area contributed by atoms with E-state index < -0.39 is 10.0 Å². The molecule has 1 aromatic heterocycles. The number of likely N-dealkylation sites (tertiary alicyclic amines) is 1. The van der Waals surface area contributed by atoms with Crippen LogP contribution in [0.2, 0.25) is 0 Å². The average molecular weight is 380 g/mol. The van der Waals surface area contributed by atoms with Gasteiger partial charge >= 0.3 is 0 Å². The number of anilines is 1. The Bertz CT molecular complexity index is 817. The van der Waals surface area contributed by atoms with Crippen molar-refractivity contribution in [2.24, 2.45) is 5.73 Å². The lowest BCUT2D eigenvalue weighted by Crippen LogP contribution is -2.40. The number of carbonyl (C=O) groups is 1. The van der Waals surface area contributed by atoms with Crippen molar-refractivity contribution in [1.82, 2.24) is 4.90 Å². The third kappa shape index (κ3) is 4.20. The van der Waals surface area contributed by atoms with Crippen molar-refractivity contribution in [3.63, 3.8) is 0 Å². The van der Waals surface area contributed by atoms with E-state index in [9.17, 15) is 13.2 Å². The fourth-order valence-corrected chi connectivity index (χ4v) is 5.05. The molecule has 3 N–H and O–H groups in total. The number of nitrogens with zero attached hydrogens (tertiary/aromatic N) is 1. The molecule has 0 saturated carbocycles. The van der Waals surface area contributed by atoms with E-state index in [-0.39, 0.29) is 16.2 Å². The minimum absolute atomic E-state index is 0.0693. The molecule has 0 bridgehead atoms. The third-order valence-corrected chi connectivity index (χ3v) is 7.07. The summed E-state index contributed by atoms with van der Waals surface area (Å²) in [5.74, 6) is 0.0693. The SMILES string of the molecule is NCC1CCCN1C(=O)Cc1ccc(NS(=O)(=O)c2cccs2)cc1. The number of carbonyl (C=O) groups excluding carboxylic acids is 1. The second kappa shape index (κ2) is 7.55. The van der Waals surface area contributed by atoms with E-state index in [1.54, 1.807) is 41.8 Å². The Balaban J connectivity index is 1.63. The maximum absolute atomic E-state index is 12.4. The van der Waals surface area contributed by atoms with Gasteiger partial charge in [-0.25, -0.2) is 8.42 Å². The summed E-state index contributed by atoms with van der Waals surface area (Å²) in [4.78, 5) is 14.3. The molecule has 25 heavy (non-hydrogen) atoms. The molecule has 8 heteroatoms. The van der Waals surface area contributed by atoms with Crippen LogP contribution in [0.25, 0.3) is 0 Å². The number of benzene rings is 1. The Morgan fingerprint density at radius 1 is 1.28 bits per heavy atom. The Hall–Kier alpha value is -1.90. The van der Waals surface area contributed by atoms with Gasteiger partial charge in [0.2, 0.25) is 5.91 Å². The van der Waals surface area contributed by atoms with Gasteiger partial charge in [0.05, 0.1) is 6.42 Å². The first-order chi connectivity index (χ1) is 12.0. The highest BCUT2D eigenvalue weighted by molar-refractivity contribution is 7.94. The summed E-state index contributed by atoms with van der Waals surface area (Å²) in [5, 5.41) is 1.72. The molecule has 2 aromatic rings. The van der Waals surface area contributed by atoms with E-state index in [1.165, 1.54) is 11.3 Å². The molecule has 134 valence electrons. The quantitative estimate of drug-likeness (QED) is 0.803. The largest absolute Gasteiger partial charge is 0.338 e. The number of thiophene rings is 1. The van der Waals surface area contributed by atoms with E-state index in [0.717, 1.165) is 24.9 Å². The van der Waals surface area contributed by atoms with Crippen LogP contribution in [0.3, 0.4) is 0 Å². The van der Waals surface area contributed by atoms with Crippen molar-refractivity contribution >= 4 is 33.0 Å². The van der Waals surface area contributed by atoms with Crippen LogP contribution in [0, 0.1) is 0 Å². The van der Waals surface area contributed by atoms with E-state index in [0.29, 0.717) is 18.7 Å². The molecule has 3 rings (SSSR count). The van der Waals surface area contributed by atoms with E-state index in [2.05, 4.69) is 4.72 Å². The first-order valence-electron chi connectivity index (χ1n) is 8.14. The maximum Gasteiger partial charge on any atom is 0.271 e. The molecule has 1 aliphatic rings. The number of nitrogens with one attached hydrogen (secondary N) is 1. The normalized spacial score (nSPS) is 17.6. The molecule has 6 nitrogen and oxygen atoms in total. The fraction of sp³-hybridized carbons (Fsp3) is 0.353. The molecule has 1 aromatic carbocycles. The fourth-order valence-electron chi connectivity index (χ4n) is 3.00. The Labute approximate surface area is 151 Å². The molecule has 2 heterocycles. The topological polar surface area (TPSA) is 92.5 Å². The van der Waals surface area contributed by atoms with Gasteiger partial charge in [-0.15, -0.1) is 11.3 Å². The molecular formula is C17H21N3O3S2. The molecule has 1 unspecified atom stereocenters. The predicted molar refractivity (Wildman–Crippen MR) is 99.1 cm³/mol. The summed E-state index contributed by atoms with van der Waals surface area (Å²) >= 11 is 1.17. The first-order valence-corrected chi connectivity index (χ1v) is 10.5. The summed E-state index contributed by atoms with van der Waals surface area (Å²) in [6, 6.07) is 10.3. The van der Waals surface area contributed by atoms with Gasteiger partial charge in [0.25, 0.3) is 10.0 Å². The van der Waals surface area contributed by atoms with Crippen LogP contribution in [0.5, 0.6) is 0 Å². The minimum atomic E-state index is -3.55. The molecule has 0 radical (unpaired) electrons. The maximum atomic E-state index is 12.4. The van der Waals surface area contributed by atoms with Gasteiger partial charge < -0.3 is 10.6 Å². The molecule has 1 aliphatic heterocycles. The van der Waals surface area contributed by atoms with Crippen LogP contribution in [-0.4, -0.2) is 38.4 Å². The van der Waals surface area contributed by atoms with Crippen molar-refractivity contribution < 1.29 is 13.2 Å². The van der Waals surface area contributed by atoms with E-state index in [1.807, 2.05) is 4.90 Å². The van der Waals surface area contributed by atoms with Gasteiger partial charge in [-0.05, 0) is 42.0 Å². The zero-order chi connectivity index (χ0) is 17.9. The van der Waals surface area contributed by atoms with Crippen molar-refractivity contribution in [2.45, 2.75) is 29.5 Å². The number of hydrogen-bond donors (Lipinski definition) is 2. The Morgan fingerprint density at radius 3 is 2.68 bits per heavy atom. The standard InChI is InChI=1S/C17H21N3O3S2/c18-12-15-3-1-9-20(15)16(21)11-13-5-7-14(8-6-13)19-25(22,23)17-4-2-10-24-17/h2,4-8,10,15,19H,1,3,9,11-12,18H2. The monoisotopic (exact) mass is 379 g/mol. The predicted octanol–water partition coefficient (Wildman–Crippen LogP) is 2.04. The zero-order valence-corrected chi connectivity index (χ0v) is 15.4. The highest BCUT2D eigenvalue weighted by Gasteiger charge is 2.27. The van der Waals surface area contributed by atoms with Crippen LogP contribution in [0.15, 0.2) is 46.0 Å². The van der Waals surface area contributed by atoms with Crippen molar-refractivity contribution in [1.29, 1.82) is 0 Å². The second-order valence-corrected chi connectivity index (χ2v) is 8.89. The van der Waals surface area contributed by atoms with Crippen LogP contribution >= 0.6 is 11.3 Å². The Kier molecular flexibility index (Phi) is 5.41. The van der Waals surface area contributed by atoms with Crippen molar-refractivity contribution in [3.8, 4) is 0 Å². The van der Waals surface area contributed by atoms with Crippen LogP contribution < -0.4 is 10.5 Å². The molecule has 0 aliphatic carbocycles. The Morgan fingerprint density at radius 2 is 2.04 bits per heavy atom. The highest BCUT2D eigenvalue weighted by Crippen LogP contribution is 2.21. The summed E-state index contributed by atoms with van der Waals surface area (Å²) in [6.45, 7) is 1.26. The van der Waals surface area contributed by atoms with Crippen LogP contribution in [0.4, 0.5) is 5.69 Å². The summed E-state index contributed by atoms with van der Waals surface area (Å²) in [6.07, 6.45) is 2.26. The average Bonchev–Trinajstić information content (AvgIpc) is 3.28. The van der Waals surface area contributed by atoms with E-state index in [4.69, 9.17) is 5.73 Å². The lowest BCUT2D eigenvalue weighted by molar-refractivity contribution is -0.131. The van der Waals surface area contributed by atoms with Crippen LogP contribution in [-0.2, 0) is 21.2 Å². The summed E-state index contributed by atoms with van der Waals surface area (Å²) in [7, 11) is -3.55. The summed E-state index contributed by atoms with van der Waals surface area (Å²) in [5.41, 5.74) is 7.05. The molecule has 1 atom stereocenters. The number of nitrogens with two attached hydrogens (primary N) is 1. The molecule has 1 amide bonds. The van der Waals surface area contributed by atoms with Gasteiger partial charge in [-0.3, -0.25) is 9.52 Å². The molecular weight excluding hydrogens is 358 g/mol. The number of rotatable bonds is 6. The number of hydrogen-bond acceptors (Lipinski definition) is 5. The third-order valence-electron chi connectivity index (χ3n) is 4.29. The molecule has 1 saturated heterocycles. The number of amides is 1. The van der Waals surface area contributed by atoms with Gasteiger partial charge in [0, 0.05) is 24.8 Å². The van der Waals surface area contributed by atoms with Gasteiger partial charge in [0.1, 0.15) is 4.21 Å². The van der Waals surface area contributed by atoms with Crippen LogP contribution in [0.1, 0.15) is 18.4 Å². The first kappa shape index (κ1) is 17.9. The van der Waals surface area contributed by atoms with Crippen molar-refractivity contribution in [3.05, 3.63) is 47.3 Å². The van der Waals surface area contributed by atoms with Gasteiger partial charge in [0.15, 0.2) is 0 Å². The van der Waals surface area contributed by atoms with Crippen molar-refractivity contribution in [2.75, 3.05) is 17.8 Å².